The number of para-hydroxylation sites is 1. The number of hydrogen-bond acceptors (Lipinski definition) is 3. The highest BCUT2D eigenvalue weighted by Crippen LogP contribution is 2.22. The SMILES string of the molecule is CCc1cccc2c(CCNC(=O)C(N)C3CCOCC3)c[nH]c12. The van der Waals surface area contributed by atoms with Crippen LogP contribution in [0.15, 0.2) is 24.4 Å². The Balaban J connectivity index is 1.55. The number of ether oxygens (including phenoxy) is 1. The maximum absolute atomic E-state index is 12.3. The molecule has 0 saturated carbocycles. The topological polar surface area (TPSA) is 80.1 Å². The first-order valence-corrected chi connectivity index (χ1v) is 8.89. The summed E-state index contributed by atoms with van der Waals surface area (Å²) in [7, 11) is 0. The lowest BCUT2D eigenvalue weighted by atomic mass is 9.92. The lowest BCUT2D eigenvalue weighted by molar-refractivity contribution is -0.124. The number of rotatable bonds is 6. The molecule has 2 heterocycles. The molecule has 5 heteroatoms. The maximum Gasteiger partial charge on any atom is 0.237 e. The zero-order valence-electron chi connectivity index (χ0n) is 14.3. The molecule has 1 amide bonds. The Labute approximate surface area is 142 Å². The van der Waals surface area contributed by atoms with Gasteiger partial charge < -0.3 is 20.8 Å². The number of hydrogen-bond donors (Lipinski definition) is 3. The van der Waals surface area contributed by atoms with Crippen molar-refractivity contribution in [1.82, 2.24) is 10.3 Å². The number of amides is 1. The van der Waals surface area contributed by atoms with Gasteiger partial charge >= 0.3 is 0 Å². The number of carbonyl (C=O) groups is 1. The molecule has 1 aromatic heterocycles. The van der Waals surface area contributed by atoms with Crippen molar-refractivity contribution in [2.24, 2.45) is 11.7 Å². The van der Waals surface area contributed by atoms with Crippen molar-refractivity contribution in [1.29, 1.82) is 0 Å². The molecule has 5 nitrogen and oxygen atoms in total. The summed E-state index contributed by atoms with van der Waals surface area (Å²) in [6.07, 6.45) is 5.61. The summed E-state index contributed by atoms with van der Waals surface area (Å²) in [5.74, 6) is 0.190. The molecule has 0 spiro atoms. The average Bonchev–Trinajstić information content (AvgIpc) is 3.05. The van der Waals surface area contributed by atoms with Gasteiger partial charge in [-0.2, -0.15) is 0 Å². The summed E-state index contributed by atoms with van der Waals surface area (Å²) >= 11 is 0. The molecule has 4 N–H and O–H groups in total. The molecular weight excluding hydrogens is 302 g/mol. The number of carbonyl (C=O) groups excluding carboxylic acids is 1. The van der Waals surface area contributed by atoms with E-state index in [0.717, 1.165) is 25.7 Å². The van der Waals surface area contributed by atoms with Gasteiger partial charge in [0.2, 0.25) is 5.91 Å². The lowest BCUT2D eigenvalue weighted by Gasteiger charge is -2.26. The van der Waals surface area contributed by atoms with Crippen LogP contribution in [-0.2, 0) is 22.4 Å². The van der Waals surface area contributed by atoms with Crippen molar-refractivity contribution in [3.05, 3.63) is 35.5 Å². The maximum atomic E-state index is 12.3. The summed E-state index contributed by atoms with van der Waals surface area (Å²) in [5.41, 5.74) is 9.87. The summed E-state index contributed by atoms with van der Waals surface area (Å²) in [5, 5.41) is 4.24. The molecule has 1 aliphatic rings. The minimum Gasteiger partial charge on any atom is -0.381 e. The van der Waals surface area contributed by atoms with Gasteiger partial charge in [0.25, 0.3) is 0 Å². The predicted molar refractivity (Wildman–Crippen MR) is 95.9 cm³/mol. The van der Waals surface area contributed by atoms with Crippen LogP contribution < -0.4 is 11.1 Å². The van der Waals surface area contributed by atoms with E-state index < -0.39 is 6.04 Å². The lowest BCUT2D eigenvalue weighted by Crippen LogP contribution is -2.47. The molecule has 0 radical (unpaired) electrons. The van der Waals surface area contributed by atoms with Crippen LogP contribution in [0.5, 0.6) is 0 Å². The highest BCUT2D eigenvalue weighted by molar-refractivity contribution is 5.86. The summed E-state index contributed by atoms with van der Waals surface area (Å²) in [6, 6.07) is 5.95. The fourth-order valence-corrected chi connectivity index (χ4v) is 3.50. The van der Waals surface area contributed by atoms with E-state index in [0.29, 0.717) is 19.8 Å². The molecule has 3 rings (SSSR count). The second-order valence-corrected chi connectivity index (χ2v) is 6.52. The van der Waals surface area contributed by atoms with Crippen molar-refractivity contribution >= 4 is 16.8 Å². The third kappa shape index (κ3) is 3.62. The normalized spacial score (nSPS) is 17.1. The van der Waals surface area contributed by atoms with Crippen LogP contribution in [0.2, 0.25) is 0 Å². The number of fused-ring (bicyclic) bond motifs is 1. The molecule has 1 saturated heterocycles. The average molecular weight is 329 g/mol. The smallest absolute Gasteiger partial charge is 0.237 e. The van der Waals surface area contributed by atoms with Crippen molar-refractivity contribution in [3.63, 3.8) is 0 Å². The Hall–Kier alpha value is -1.85. The molecule has 130 valence electrons. The van der Waals surface area contributed by atoms with Gasteiger partial charge in [-0.05, 0) is 42.7 Å². The summed E-state index contributed by atoms with van der Waals surface area (Å²) in [6.45, 7) is 4.19. The van der Waals surface area contributed by atoms with E-state index in [1.54, 1.807) is 0 Å². The Morgan fingerprint density at radius 3 is 2.92 bits per heavy atom. The molecule has 2 aromatic rings. The van der Waals surface area contributed by atoms with Gasteiger partial charge in [-0.25, -0.2) is 0 Å². The summed E-state index contributed by atoms with van der Waals surface area (Å²) in [4.78, 5) is 15.6. The Kier molecular flexibility index (Phi) is 5.53. The van der Waals surface area contributed by atoms with Crippen LogP contribution in [-0.4, -0.2) is 36.7 Å². The number of nitrogens with two attached hydrogens (primary N) is 1. The molecule has 1 fully saturated rings. The highest BCUT2D eigenvalue weighted by atomic mass is 16.5. The molecule has 1 atom stereocenters. The first-order valence-electron chi connectivity index (χ1n) is 8.89. The van der Waals surface area contributed by atoms with Gasteiger partial charge in [0.05, 0.1) is 6.04 Å². The van der Waals surface area contributed by atoms with Gasteiger partial charge in [0.15, 0.2) is 0 Å². The highest BCUT2D eigenvalue weighted by Gasteiger charge is 2.26. The minimum absolute atomic E-state index is 0.0454. The van der Waals surface area contributed by atoms with Crippen LogP contribution in [0.3, 0.4) is 0 Å². The Morgan fingerprint density at radius 2 is 2.17 bits per heavy atom. The van der Waals surface area contributed by atoms with E-state index >= 15 is 0 Å². The number of aromatic nitrogens is 1. The van der Waals surface area contributed by atoms with Crippen LogP contribution in [0, 0.1) is 5.92 Å². The van der Waals surface area contributed by atoms with Gasteiger partial charge in [-0.15, -0.1) is 0 Å². The largest absolute Gasteiger partial charge is 0.381 e. The second-order valence-electron chi connectivity index (χ2n) is 6.52. The monoisotopic (exact) mass is 329 g/mol. The third-order valence-electron chi connectivity index (χ3n) is 5.04. The summed E-state index contributed by atoms with van der Waals surface area (Å²) < 4.78 is 5.33. The number of aromatic amines is 1. The molecular formula is C19H27N3O2. The van der Waals surface area contributed by atoms with E-state index in [-0.39, 0.29) is 11.8 Å². The van der Waals surface area contributed by atoms with Crippen molar-refractivity contribution in [2.75, 3.05) is 19.8 Å². The van der Waals surface area contributed by atoms with Crippen molar-refractivity contribution in [3.8, 4) is 0 Å². The van der Waals surface area contributed by atoms with E-state index in [1.807, 2.05) is 6.20 Å². The van der Waals surface area contributed by atoms with Crippen LogP contribution >= 0.6 is 0 Å². The zero-order chi connectivity index (χ0) is 16.9. The zero-order valence-corrected chi connectivity index (χ0v) is 14.3. The van der Waals surface area contributed by atoms with E-state index in [2.05, 4.69) is 35.4 Å². The fourth-order valence-electron chi connectivity index (χ4n) is 3.50. The van der Waals surface area contributed by atoms with Crippen LogP contribution in [0.4, 0.5) is 0 Å². The minimum atomic E-state index is -0.427. The predicted octanol–water partition coefficient (Wildman–Crippen LogP) is 2.14. The van der Waals surface area contributed by atoms with Gasteiger partial charge in [0, 0.05) is 36.9 Å². The number of nitrogens with one attached hydrogen (secondary N) is 2. The quantitative estimate of drug-likeness (QED) is 0.759. The molecule has 1 aromatic carbocycles. The number of H-pyrrole nitrogens is 1. The first kappa shape index (κ1) is 17.0. The van der Waals surface area contributed by atoms with Gasteiger partial charge in [-0.1, -0.05) is 25.1 Å². The molecule has 1 aliphatic heterocycles. The Morgan fingerprint density at radius 1 is 1.38 bits per heavy atom. The van der Waals surface area contributed by atoms with Crippen LogP contribution in [0.1, 0.15) is 30.9 Å². The fraction of sp³-hybridized carbons (Fsp3) is 0.526. The van der Waals surface area contributed by atoms with Crippen molar-refractivity contribution < 1.29 is 9.53 Å². The van der Waals surface area contributed by atoms with E-state index in [4.69, 9.17) is 10.5 Å². The molecule has 0 aliphatic carbocycles. The number of aryl methyl sites for hydroxylation is 1. The standard InChI is InChI=1S/C19H27N3O2/c1-2-13-4-3-5-16-15(12-22-18(13)16)6-9-21-19(23)17(20)14-7-10-24-11-8-14/h3-5,12,14,17,22H,2,6-11,20H2,1H3,(H,21,23). The van der Waals surface area contributed by atoms with E-state index in [9.17, 15) is 4.79 Å². The number of benzene rings is 1. The van der Waals surface area contributed by atoms with Crippen molar-refractivity contribution in [2.45, 2.75) is 38.6 Å². The molecule has 1 unspecified atom stereocenters. The molecule has 24 heavy (non-hydrogen) atoms. The van der Waals surface area contributed by atoms with Crippen LogP contribution in [0.25, 0.3) is 10.9 Å². The van der Waals surface area contributed by atoms with E-state index in [1.165, 1.54) is 22.0 Å². The second kappa shape index (κ2) is 7.81. The van der Waals surface area contributed by atoms with Gasteiger partial charge in [-0.3, -0.25) is 4.79 Å². The first-order chi connectivity index (χ1) is 11.7. The van der Waals surface area contributed by atoms with Gasteiger partial charge in [0.1, 0.15) is 0 Å². The third-order valence-corrected chi connectivity index (χ3v) is 5.04. The Bertz CT molecular complexity index is 689. The molecule has 0 bridgehead atoms.